The molecule has 4 nitrogen and oxygen atoms in total. The Morgan fingerprint density at radius 1 is 1.57 bits per heavy atom. The highest BCUT2D eigenvalue weighted by Crippen LogP contribution is 2.06. The Morgan fingerprint density at radius 3 is 2.93 bits per heavy atom. The molecular formula is C10H19NO3. The minimum Gasteiger partial charge on any atom is -0.369 e. The van der Waals surface area contributed by atoms with Crippen molar-refractivity contribution in [1.29, 1.82) is 0 Å². The van der Waals surface area contributed by atoms with Crippen molar-refractivity contribution in [2.75, 3.05) is 19.8 Å². The number of hydrogen-bond donors (Lipinski definition) is 0. The number of amides is 1. The van der Waals surface area contributed by atoms with E-state index in [4.69, 9.17) is 9.57 Å². The van der Waals surface area contributed by atoms with Gasteiger partial charge in [-0.2, -0.15) is 0 Å². The predicted octanol–water partition coefficient (Wildman–Crippen LogP) is 1.36. The van der Waals surface area contributed by atoms with E-state index >= 15 is 0 Å². The summed E-state index contributed by atoms with van der Waals surface area (Å²) in [4.78, 5) is 16.7. The summed E-state index contributed by atoms with van der Waals surface area (Å²) in [6, 6.07) is 0. The molecule has 0 N–H and O–H groups in total. The first-order chi connectivity index (χ1) is 6.74. The van der Waals surface area contributed by atoms with Gasteiger partial charge >= 0.3 is 0 Å². The summed E-state index contributed by atoms with van der Waals surface area (Å²) in [5, 5.41) is 1.42. The Labute approximate surface area is 85.1 Å². The van der Waals surface area contributed by atoms with Gasteiger partial charge in [-0.3, -0.25) is 9.63 Å². The molecule has 0 bridgehead atoms. The fourth-order valence-corrected chi connectivity index (χ4v) is 1.20. The minimum absolute atomic E-state index is 0.0648. The first kappa shape index (κ1) is 11.5. The van der Waals surface area contributed by atoms with Crippen LogP contribution >= 0.6 is 0 Å². The van der Waals surface area contributed by atoms with Crippen molar-refractivity contribution in [3.05, 3.63) is 0 Å². The number of rotatable bonds is 4. The van der Waals surface area contributed by atoms with E-state index in [0.29, 0.717) is 13.2 Å². The number of ether oxygens (including phenoxy) is 1. The fraction of sp³-hybridized carbons (Fsp3) is 0.900. The maximum Gasteiger partial charge on any atom is 0.272 e. The van der Waals surface area contributed by atoms with Gasteiger partial charge in [0.25, 0.3) is 5.91 Å². The van der Waals surface area contributed by atoms with Gasteiger partial charge in [0.05, 0.1) is 12.7 Å². The zero-order chi connectivity index (χ0) is 10.4. The van der Waals surface area contributed by atoms with Gasteiger partial charge in [0.1, 0.15) is 6.61 Å². The van der Waals surface area contributed by atoms with E-state index in [1.54, 1.807) is 0 Å². The van der Waals surface area contributed by atoms with Gasteiger partial charge in [-0.25, -0.2) is 5.06 Å². The SMILES string of the molecule is CC[C@@H](C)OCC(=O)N1CCCCO1. The van der Waals surface area contributed by atoms with E-state index in [9.17, 15) is 4.79 Å². The highest BCUT2D eigenvalue weighted by Gasteiger charge is 2.18. The quantitative estimate of drug-likeness (QED) is 0.689. The number of nitrogens with zero attached hydrogens (tertiary/aromatic N) is 1. The summed E-state index contributed by atoms with van der Waals surface area (Å²) in [6.45, 7) is 5.48. The summed E-state index contributed by atoms with van der Waals surface area (Å²) in [5.41, 5.74) is 0. The highest BCUT2D eigenvalue weighted by molar-refractivity contribution is 5.76. The zero-order valence-corrected chi connectivity index (χ0v) is 8.99. The molecule has 1 atom stereocenters. The lowest BCUT2D eigenvalue weighted by Gasteiger charge is -2.26. The number of hydrogen-bond acceptors (Lipinski definition) is 3. The Kier molecular flexibility index (Phi) is 4.90. The Hall–Kier alpha value is -0.610. The maximum absolute atomic E-state index is 11.5. The van der Waals surface area contributed by atoms with Crippen molar-refractivity contribution in [3.8, 4) is 0 Å². The van der Waals surface area contributed by atoms with Crippen LogP contribution in [0.25, 0.3) is 0 Å². The van der Waals surface area contributed by atoms with Gasteiger partial charge < -0.3 is 4.74 Å². The highest BCUT2D eigenvalue weighted by atomic mass is 16.7. The molecule has 1 aliphatic rings. The average molecular weight is 201 g/mol. The number of hydroxylamine groups is 2. The number of carbonyl (C=O) groups excluding carboxylic acids is 1. The number of carbonyl (C=O) groups is 1. The predicted molar refractivity (Wildman–Crippen MR) is 52.6 cm³/mol. The second kappa shape index (κ2) is 5.98. The Morgan fingerprint density at radius 2 is 2.36 bits per heavy atom. The molecular weight excluding hydrogens is 182 g/mol. The van der Waals surface area contributed by atoms with Crippen LogP contribution in [0, 0.1) is 0 Å². The summed E-state index contributed by atoms with van der Waals surface area (Å²) >= 11 is 0. The van der Waals surface area contributed by atoms with Crippen LogP contribution in [0.3, 0.4) is 0 Å². The van der Waals surface area contributed by atoms with Gasteiger partial charge in [0.2, 0.25) is 0 Å². The molecule has 1 aliphatic heterocycles. The van der Waals surface area contributed by atoms with Crippen LogP contribution in [0.2, 0.25) is 0 Å². The Balaban J connectivity index is 2.19. The van der Waals surface area contributed by atoms with E-state index in [1.807, 2.05) is 13.8 Å². The molecule has 0 unspecified atom stereocenters. The third kappa shape index (κ3) is 3.64. The first-order valence-electron chi connectivity index (χ1n) is 5.29. The molecule has 4 heteroatoms. The molecule has 1 heterocycles. The van der Waals surface area contributed by atoms with Gasteiger partial charge in [-0.05, 0) is 26.2 Å². The molecule has 0 spiro atoms. The third-order valence-electron chi connectivity index (χ3n) is 2.35. The van der Waals surface area contributed by atoms with Crippen molar-refractivity contribution in [2.24, 2.45) is 0 Å². The molecule has 82 valence electrons. The normalized spacial score (nSPS) is 19.4. The topological polar surface area (TPSA) is 38.8 Å². The monoisotopic (exact) mass is 201 g/mol. The molecule has 14 heavy (non-hydrogen) atoms. The summed E-state index contributed by atoms with van der Waals surface area (Å²) in [7, 11) is 0. The van der Waals surface area contributed by atoms with Gasteiger partial charge in [-0.15, -0.1) is 0 Å². The summed E-state index contributed by atoms with van der Waals surface area (Å²) < 4.78 is 5.33. The van der Waals surface area contributed by atoms with Crippen molar-refractivity contribution in [3.63, 3.8) is 0 Å². The lowest BCUT2D eigenvalue weighted by molar-refractivity contribution is -0.202. The zero-order valence-electron chi connectivity index (χ0n) is 8.99. The summed E-state index contributed by atoms with van der Waals surface area (Å²) in [6.07, 6.45) is 3.13. The molecule has 0 aliphatic carbocycles. The van der Waals surface area contributed by atoms with E-state index in [-0.39, 0.29) is 18.6 Å². The van der Waals surface area contributed by atoms with E-state index in [2.05, 4.69) is 0 Å². The standard InChI is InChI=1S/C10H19NO3/c1-3-9(2)13-8-10(12)11-6-4-5-7-14-11/h9H,3-8H2,1-2H3/t9-/m1/s1. The molecule has 0 aromatic heterocycles. The van der Waals surface area contributed by atoms with Crippen LogP contribution in [0.5, 0.6) is 0 Å². The largest absolute Gasteiger partial charge is 0.369 e. The molecule has 0 aromatic rings. The smallest absolute Gasteiger partial charge is 0.272 e. The van der Waals surface area contributed by atoms with Crippen LogP contribution in [-0.4, -0.2) is 36.8 Å². The van der Waals surface area contributed by atoms with Crippen LogP contribution in [0.4, 0.5) is 0 Å². The van der Waals surface area contributed by atoms with Crippen LogP contribution in [-0.2, 0) is 14.4 Å². The van der Waals surface area contributed by atoms with E-state index in [0.717, 1.165) is 19.3 Å². The van der Waals surface area contributed by atoms with Crippen LogP contribution < -0.4 is 0 Å². The second-order valence-electron chi connectivity index (χ2n) is 3.57. The van der Waals surface area contributed by atoms with Crippen LogP contribution in [0.15, 0.2) is 0 Å². The van der Waals surface area contributed by atoms with Crippen molar-refractivity contribution < 1.29 is 14.4 Å². The molecule has 0 radical (unpaired) electrons. The van der Waals surface area contributed by atoms with Gasteiger partial charge in [0, 0.05) is 6.54 Å². The molecule has 1 rings (SSSR count). The van der Waals surface area contributed by atoms with Gasteiger partial charge in [0.15, 0.2) is 0 Å². The van der Waals surface area contributed by atoms with Gasteiger partial charge in [-0.1, -0.05) is 6.92 Å². The molecule has 0 saturated carbocycles. The van der Waals surface area contributed by atoms with E-state index < -0.39 is 0 Å². The lowest BCUT2D eigenvalue weighted by Crippen LogP contribution is -2.38. The molecule has 0 aromatic carbocycles. The lowest BCUT2D eigenvalue weighted by atomic mass is 10.3. The molecule has 1 amide bonds. The third-order valence-corrected chi connectivity index (χ3v) is 2.35. The Bertz CT molecular complexity index is 178. The maximum atomic E-state index is 11.5. The van der Waals surface area contributed by atoms with E-state index in [1.165, 1.54) is 5.06 Å². The van der Waals surface area contributed by atoms with Crippen molar-refractivity contribution in [2.45, 2.75) is 39.2 Å². The minimum atomic E-state index is -0.0648. The average Bonchev–Trinajstić information content (AvgIpc) is 2.26. The summed E-state index contributed by atoms with van der Waals surface area (Å²) in [5.74, 6) is -0.0648. The van der Waals surface area contributed by atoms with Crippen LogP contribution in [0.1, 0.15) is 33.1 Å². The molecule has 1 saturated heterocycles. The van der Waals surface area contributed by atoms with Crippen molar-refractivity contribution >= 4 is 5.91 Å². The van der Waals surface area contributed by atoms with Crippen molar-refractivity contribution in [1.82, 2.24) is 5.06 Å². The first-order valence-corrected chi connectivity index (χ1v) is 5.29. The fourth-order valence-electron chi connectivity index (χ4n) is 1.20. The molecule has 1 fully saturated rings. The second-order valence-corrected chi connectivity index (χ2v) is 3.57.